The lowest BCUT2D eigenvalue weighted by Crippen LogP contribution is -2.56. The van der Waals surface area contributed by atoms with Gasteiger partial charge in [0.05, 0.1) is 6.20 Å². The lowest BCUT2D eigenvalue weighted by molar-refractivity contribution is -0.140. The molecule has 11 nitrogen and oxygen atoms in total. The summed E-state index contributed by atoms with van der Waals surface area (Å²) in [6.07, 6.45) is 3.40. The van der Waals surface area contributed by atoms with Crippen LogP contribution in [0.3, 0.4) is 0 Å². The zero-order chi connectivity index (χ0) is 19.6. The van der Waals surface area contributed by atoms with E-state index in [-0.39, 0.29) is 24.7 Å². The third-order valence-electron chi connectivity index (χ3n) is 4.86. The van der Waals surface area contributed by atoms with E-state index in [2.05, 4.69) is 20.6 Å². The summed E-state index contributed by atoms with van der Waals surface area (Å²) in [6.45, 7) is 0.393. The van der Waals surface area contributed by atoms with E-state index < -0.39 is 35.8 Å². The molecule has 0 radical (unpaired) electrons. The van der Waals surface area contributed by atoms with Crippen molar-refractivity contribution in [2.75, 3.05) is 12.3 Å². The van der Waals surface area contributed by atoms with Crippen LogP contribution in [-0.4, -0.2) is 63.2 Å². The lowest BCUT2D eigenvalue weighted by atomic mass is 10.1. The van der Waals surface area contributed by atoms with Crippen LogP contribution in [0.15, 0.2) is 6.20 Å². The van der Waals surface area contributed by atoms with Crippen LogP contribution in [-0.2, 0) is 25.6 Å². The summed E-state index contributed by atoms with van der Waals surface area (Å²) in [5, 5.41) is 5.26. The molecule has 0 spiro atoms. The molecule has 2 aliphatic rings. The van der Waals surface area contributed by atoms with Crippen LogP contribution in [0, 0.1) is 0 Å². The highest BCUT2D eigenvalue weighted by Crippen LogP contribution is 2.19. The summed E-state index contributed by atoms with van der Waals surface area (Å²) < 4.78 is 0. The summed E-state index contributed by atoms with van der Waals surface area (Å²) in [6, 6.07) is -2.30. The minimum Gasteiger partial charge on any atom is -0.369 e. The van der Waals surface area contributed by atoms with Crippen molar-refractivity contribution in [1.29, 1.82) is 0 Å². The Morgan fingerprint density at radius 3 is 2.74 bits per heavy atom. The number of aromatic nitrogens is 2. The molecule has 0 unspecified atom stereocenters. The molecule has 7 N–H and O–H groups in total. The summed E-state index contributed by atoms with van der Waals surface area (Å²) in [5.74, 6) is -1.42. The van der Waals surface area contributed by atoms with E-state index in [0.717, 1.165) is 0 Å². The molecule has 3 atom stereocenters. The van der Waals surface area contributed by atoms with E-state index in [1.165, 1.54) is 11.1 Å². The maximum atomic E-state index is 13.0. The Labute approximate surface area is 155 Å². The number of hydrogen-bond donors (Lipinski definition) is 5. The molecule has 1 aromatic heterocycles. The SMILES string of the molecule is NC(=O)[C@@H]1CCCN1C(=O)[C@H](Cc1cnc(N)[nH]1)NC(=O)[C@@H]1CCC(=O)N1. The second-order valence-corrected chi connectivity index (χ2v) is 6.81. The number of nitrogens with zero attached hydrogens (tertiary/aromatic N) is 2. The van der Waals surface area contributed by atoms with Gasteiger partial charge >= 0.3 is 0 Å². The summed E-state index contributed by atoms with van der Waals surface area (Å²) in [4.78, 5) is 56.6. The number of primary amides is 1. The van der Waals surface area contributed by atoms with Crippen molar-refractivity contribution in [2.24, 2.45) is 5.73 Å². The van der Waals surface area contributed by atoms with Crippen LogP contribution < -0.4 is 22.1 Å². The fourth-order valence-electron chi connectivity index (χ4n) is 3.51. The number of imidazole rings is 1. The second-order valence-electron chi connectivity index (χ2n) is 6.81. The highest BCUT2D eigenvalue weighted by molar-refractivity contribution is 5.95. The van der Waals surface area contributed by atoms with Crippen molar-refractivity contribution >= 4 is 29.6 Å². The smallest absolute Gasteiger partial charge is 0.246 e. The summed E-state index contributed by atoms with van der Waals surface area (Å²) in [7, 11) is 0. The second kappa shape index (κ2) is 7.64. The minimum atomic E-state index is -0.935. The van der Waals surface area contributed by atoms with E-state index in [9.17, 15) is 19.2 Å². The van der Waals surface area contributed by atoms with Gasteiger partial charge in [-0.25, -0.2) is 4.98 Å². The number of carbonyl (C=O) groups excluding carboxylic acids is 4. The number of carbonyl (C=O) groups is 4. The van der Waals surface area contributed by atoms with E-state index in [0.29, 0.717) is 31.5 Å². The Morgan fingerprint density at radius 2 is 2.15 bits per heavy atom. The first-order chi connectivity index (χ1) is 12.8. The van der Waals surface area contributed by atoms with Gasteiger partial charge in [-0.1, -0.05) is 0 Å². The first kappa shape index (κ1) is 18.7. The molecular formula is C16H23N7O4. The Bertz CT molecular complexity index is 762. The molecule has 11 heteroatoms. The topological polar surface area (TPSA) is 176 Å². The summed E-state index contributed by atoms with van der Waals surface area (Å²) in [5.41, 5.74) is 11.5. The number of nitrogens with two attached hydrogens (primary N) is 2. The van der Waals surface area contributed by atoms with Crippen LogP contribution in [0.5, 0.6) is 0 Å². The molecule has 0 bridgehead atoms. The molecule has 2 aliphatic heterocycles. The van der Waals surface area contributed by atoms with Gasteiger partial charge < -0.3 is 32.0 Å². The largest absolute Gasteiger partial charge is 0.369 e. The predicted molar refractivity (Wildman–Crippen MR) is 93.7 cm³/mol. The molecule has 4 amide bonds. The number of hydrogen-bond acceptors (Lipinski definition) is 6. The molecule has 1 aromatic rings. The average molecular weight is 377 g/mol. The first-order valence-corrected chi connectivity index (χ1v) is 8.84. The van der Waals surface area contributed by atoms with Crippen molar-refractivity contribution in [1.82, 2.24) is 25.5 Å². The van der Waals surface area contributed by atoms with Crippen molar-refractivity contribution in [3.63, 3.8) is 0 Å². The van der Waals surface area contributed by atoms with Crippen molar-refractivity contribution < 1.29 is 19.2 Å². The quantitative estimate of drug-likeness (QED) is 0.375. The number of nitrogen functional groups attached to an aromatic ring is 1. The lowest BCUT2D eigenvalue weighted by Gasteiger charge is -2.28. The predicted octanol–water partition coefficient (Wildman–Crippen LogP) is -2.23. The van der Waals surface area contributed by atoms with Crippen LogP contribution in [0.4, 0.5) is 5.95 Å². The Hall–Kier alpha value is -3.11. The van der Waals surface area contributed by atoms with Gasteiger partial charge in [0.2, 0.25) is 23.6 Å². The fourth-order valence-corrected chi connectivity index (χ4v) is 3.51. The highest BCUT2D eigenvalue weighted by Gasteiger charge is 2.38. The van der Waals surface area contributed by atoms with Crippen molar-refractivity contribution in [3.05, 3.63) is 11.9 Å². The third kappa shape index (κ3) is 4.18. The maximum Gasteiger partial charge on any atom is 0.246 e. The average Bonchev–Trinajstić information content (AvgIpc) is 3.34. The molecular weight excluding hydrogens is 354 g/mol. The van der Waals surface area contributed by atoms with E-state index in [1.54, 1.807) is 0 Å². The van der Waals surface area contributed by atoms with Gasteiger partial charge in [-0.05, 0) is 19.3 Å². The Morgan fingerprint density at radius 1 is 1.37 bits per heavy atom. The van der Waals surface area contributed by atoms with E-state index >= 15 is 0 Å². The van der Waals surface area contributed by atoms with Crippen molar-refractivity contribution in [2.45, 2.75) is 50.2 Å². The van der Waals surface area contributed by atoms with E-state index in [4.69, 9.17) is 11.5 Å². The van der Waals surface area contributed by atoms with Gasteiger partial charge in [0.1, 0.15) is 18.1 Å². The highest BCUT2D eigenvalue weighted by atomic mass is 16.2. The van der Waals surface area contributed by atoms with E-state index in [1.807, 2.05) is 0 Å². The zero-order valence-corrected chi connectivity index (χ0v) is 14.7. The van der Waals surface area contributed by atoms with Gasteiger partial charge in [0.15, 0.2) is 5.95 Å². The number of amides is 4. The van der Waals surface area contributed by atoms with Crippen molar-refractivity contribution in [3.8, 4) is 0 Å². The number of likely N-dealkylation sites (tertiary alicyclic amines) is 1. The van der Waals surface area contributed by atoms with Gasteiger partial charge in [0, 0.05) is 25.1 Å². The third-order valence-corrected chi connectivity index (χ3v) is 4.86. The van der Waals surface area contributed by atoms with Crippen LogP contribution >= 0.6 is 0 Å². The molecule has 0 aliphatic carbocycles. The standard InChI is InChI=1S/C16H23N7O4/c17-13(25)11-2-1-5-23(11)15(27)10(6-8-7-19-16(18)20-8)22-14(26)9-3-4-12(24)21-9/h7,9-11H,1-6H2,(H2,17,25)(H,21,24)(H,22,26)(H3,18,19,20)/t9-,10-,11-/m0/s1. The zero-order valence-electron chi connectivity index (χ0n) is 14.7. The Balaban J connectivity index is 1.76. The molecule has 3 rings (SSSR count). The molecule has 146 valence electrons. The normalized spacial score (nSPS) is 23.1. The van der Waals surface area contributed by atoms with Crippen LogP contribution in [0.1, 0.15) is 31.4 Å². The number of anilines is 1. The summed E-state index contributed by atoms with van der Waals surface area (Å²) >= 11 is 0. The minimum absolute atomic E-state index is 0.122. The maximum absolute atomic E-state index is 13.0. The monoisotopic (exact) mass is 377 g/mol. The van der Waals surface area contributed by atoms with Gasteiger partial charge in [-0.3, -0.25) is 19.2 Å². The van der Waals surface area contributed by atoms with Gasteiger partial charge in [-0.2, -0.15) is 0 Å². The number of rotatable bonds is 6. The van der Waals surface area contributed by atoms with Crippen LogP contribution in [0.2, 0.25) is 0 Å². The van der Waals surface area contributed by atoms with Gasteiger partial charge in [-0.15, -0.1) is 0 Å². The number of aromatic amines is 1. The molecule has 0 aromatic carbocycles. The molecule has 27 heavy (non-hydrogen) atoms. The molecule has 0 saturated carbocycles. The van der Waals surface area contributed by atoms with Crippen LogP contribution in [0.25, 0.3) is 0 Å². The van der Waals surface area contributed by atoms with Gasteiger partial charge in [0.25, 0.3) is 0 Å². The number of H-pyrrole nitrogens is 1. The Kier molecular flexibility index (Phi) is 5.28. The molecule has 3 heterocycles. The molecule has 2 saturated heterocycles. The first-order valence-electron chi connectivity index (χ1n) is 8.84. The fraction of sp³-hybridized carbons (Fsp3) is 0.562. The number of nitrogens with one attached hydrogen (secondary N) is 3. The molecule has 2 fully saturated rings.